The molecule has 5 heteroatoms. The van der Waals surface area contributed by atoms with Crippen LogP contribution in [0.3, 0.4) is 0 Å². The van der Waals surface area contributed by atoms with Crippen LogP contribution in [0.2, 0.25) is 0 Å². The minimum atomic E-state index is 0.0391. The lowest BCUT2D eigenvalue weighted by Crippen LogP contribution is -2.50. The molecule has 2 unspecified atom stereocenters. The summed E-state index contributed by atoms with van der Waals surface area (Å²) in [7, 11) is 0. The summed E-state index contributed by atoms with van der Waals surface area (Å²) in [5.41, 5.74) is 7.01. The second-order valence-corrected chi connectivity index (χ2v) is 5.77. The molecule has 1 fully saturated rings. The van der Waals surface area contributed by atoms with Crippen molar-refractivity contribution in [2.45, 2.75) is 32.0 Å². The molecule has 2 heterocycles. The maximum Gasteiger partial charge on any atom is 0.0895 e. The van der Waals surface area contributed by atoms with Crippen molar-refractivity contribution in [2.75, 3.05) is 19.7 Å². The Morgan fingerprint density at radius 1 is 1.56 bits per heavy atom. The van der Waals surface area contributed by atoms with Gasteiger partial charge in [0, 0.05) is 36.0 Å². The molecular formula is C13H20BrN3O. The Hall–Kier alpha value is -0.490. The molecule has 0 spiro atoms. The Morgan fingerprint density at radius 2 is 2.33 bits per heavy atom. The van der Waals surface area contributed by atoms with Crippen LogP contribution >= 0.6 is 15.9 Å². The first-order chi connectivity index (χ1) is 8.63. The molecule has 100 valence electrons. The molecule has 0 amide bonds. The van der Waals surface area contributed by atoms with Crippen molar-refractivity contribution in [1.29, 1.82) is 0 Å². The van der Waals surface area contributed by atoms with Crippen molar-refractivity contribution < 1.29 is 4.74 Å². The summed E-state index contributed by atoms with van der Waals surface area (Å²) in [4.78, 5) is 6.69. The van der Waals surface area contributed by atoms with Crippen LogP contribution in [0.1, 0.15) is 25.5 Å². The highest BCUT2D eigenvalue weighted by Crippen LogP contribution is 2.31. The van der Waals surface area contributed by atoms with Gasteiger partial charge in [-0.15, -0.1) is 0 Å². The van der Waals surface area contributed by atoms with Gasteiger partial charge in [0.1, 0.15) is 0 Å². The van der Waals surface area contributed by atoms with E-state index < -0.39 is 0 Å². The third-order valence-electron chi connectivity index (χ3n) is 3.35. The average Bonchev–Trinajstić information content (AvgIpc) is 2.37. The maximum absolute atomic E-state index is 5.85. The zero-order valence-corrected chi connectivity index (χ0v) is 12.4. The molecule has 2 N–H and O–H groups in total. The van der Waals surface area contributed by atoms with Crippen LogP contribution in [0.15, 0.2) is 22.9 Å². The smallest absolute Gasteiger partial charge is 0.0895 e. The molecule has 0 radical (unpaired) electrons. The minimum Gasteiger partial charge on any atom is -0.374 e. The van der Waals surface area contributed by atoms with Gasteiger partial charge in [-0.3, -0.25) is 9.88 Å². The van der Waals surface area contributed by atoms with E-state index >= 15 is 0 Å². The van der Waals surface area contributed by atoms with E-state index in [-0.39, 0.29) is 12.1 Å². The van der Waals surface area contributed by atoms with Crippen LogP contribution in [-0.2, 0) is 4.74 Å². The van der Waals surface area contributed by atoms with Gasteiger partial charge < -0.3 is 10.5 Å². The number of hydrogen-bond acceptors (Lipinski definition) is 4. The first kappa shape index (κ1) is 13.9. The van der Waals surface area contributed by atoms with Crippen LogP contribution in [0.25, 0.3) is 0 Å². The van der Waals surface area contributed by atoms with E-state index in [0.717, 1.165) is 23.2 Å². The number of rotatable bonds is 3. The van der Waals surface area contributed by atoms with E-state index in [2.05, 4.69) is 45.7 Å². The normalized spacial score (nSPS) is 25.6. The van der Waals surface area contributed by atoms with Crippen molar-refractivity contribution >= 4 is 15.9 Å². The van der Waals surface area contributed by atoms with Gasteiger partial charge in [-0.2, -0.15) is 0 Å². The number of hydrogen-bond donors (Lipinski definition) is 1. The highest BCUT2D eigenvalue weighted by atomic mass is 79.9. The van der Waals surface area contributed by atoms with Gasteiger partial charge in [-0.25, -0.2) is 0 Å². The predicted molar refractivity (Wildman–Crippen MR) is 75.3 cm³/mol. The van der Waals surface area contributed by atoms with Crippen LogP contribution in [-0.4, -0.2) is 41.7 Å². The molecule has 1 saturated heterocycles. The third kappa shape index (κ3) is 2.91. The van der Waals surface area contributed by atoms with Gasteiger partial charge in [0.25, 0.3) is 0 Å². The fraction of sp³-hybridized carbons (Fsp3) is 0.615. The van der Waals surface area contributed by atoms with E-state index in [1.807, 2.05) is 6.20 Å². The molecule has 0 aromatic carbocycles. The zero-order chi connectivity index (χ0) is 13.1. The Balaban J connectivity index is 2.33. The molecule has 0 bridgehead atoms. The molecular weight excluding hydrogens is 294 g/mol. The summed E-state index contributed by atoms with van der Waals surface area (Å²) in [6.07, 6.45) is 3.74. The van der Waals surface area contributed by atoms with Crippen molar-refractivity contribution in [3.05, 3.63) is 28.5 Å². The summed E-state index contributed by atoms with van der Waals surface area (Å²) in [5, 5.41) is 0. The summed E-state index contributed by atoms with van der Waals surface area (Å²) < 4.78 is 6.80. The van der Waals surface area contributed by atoms with E-state index in [9.17, 15) is 0 Å². The third-order valence-corrected chi connectivity index (χ3v) is 3.79. The zero-order valence-electron chi connectivity index (χ0n) is 10.8. The fourth-order valence-corrected chi connectivity index (χ4v) is 2.91. The number of halogens is 1. The summed E-state index contributed by atoms with van der Waals surface area (Å²) in [5.74, 6) is 0. The van der Waals surface area contributed by atoms with Gasteiger partial charge in [-0.05, 0) is 41.4 Å². The van der Waals surface area contributed by atoms with Crippen LogP contribution in [0.5, 0.6) is 0 Å². The Bertz CT molecular complexity index is 400. The van der Waals surface area contributed by atoms with Crippen molar-refractivity contribution in [3.63, 3.8) is 0 Å². The van der Waals surface area contributed by atoms with Gasteiger partial charge >= 0.3 is 0 Å². The Labute approximate surface area is 117 Å². The molecule has 1 aliphatic heterocycles. The van der Waals surface area contributed by atoms with Gasteiger partial charge in [0.15, 0.2) is 0 Å². The number of nitrogens with zero attached hydrogens (tertiary/aromatic N) is 2. The lowest BCUT2D eigenvalue weighted by molar-refractivity contribution is -0.0790. The van der Waals surface area contributed by atoms with Crippen LogP contribution in [0, 0.1) is 0 Å². The molecule has 2 rings (SSSR count). The highest BCUT2D eigenvalue weighted by molar-refractivity contribution is 9.10. The van der Waals surface area contributed by atoms with E-state index in [1.165, 1.54) is 0 Å². The second kappa shape index (κ2) is 6.10. The highest BCUT2D eigenvalue weighted by Gasteiger charge is 2.34. The summed E-state index contributed by atoms with van der Waals surface area (Å²) in [6.45, 7) is 6.62. The van der Waals surface area contributed by atoms with Gasteiger partial charge in [0.05, 0.1) is 18.8 Å². The second-order valence-electron chi connectivity index (χ2n) is 4.86. The van der Waals surface area contributed by atoms with Crippen LogP contribution < -0.4 is 5.73 Å². The van der Waals surface area contributed by atoms with E-state index in [4.69, 9.17) is 10.5 Å². The minimum absolute atomic E-state index is 0.0391. The first-order valence-electron chi connectivity index (χ1n) is 6.31. The topological polar surface area (TPSA) is 51.4 Å². The molecule has 1 aliphatic rings. The van der Waals surface area contributed by atoms with Crippen LogP contribution in [0.4, 0.5) is 0 Å². The van der Waals surface area contributed by atoms with Crippen molar-refractivity contribution in [3.8, 4) is 0 Å². The van der Waals surface area contributed by atoms with Crippen molar-refractivity contribution in [1.82, 2.24) is 9.88 Å². The number of aromatic nitrogens is 1. The predicted octanol–water partition coefficient (Wildman–Crippen LogP) is 1.95. The van der Waals surface area contributed by atoms with Crippen molar-refractivity contribution in [2.24, 2.45) is 5.73 Å². The van der Waals surface area contributed by atoms with Gasteiger partial charge in [0.2, 0.25) is 0 Å². The molecule has 1 aromatic heterocycles. The SMILES string of the molecule is CC(C)N1CCOC(CN)C1c1cncc(Br)c1. The Morgan fingerprint density at radius 3 is 2.94 bits per heavy atom. The monoisotopic (exact) mass is 313 g/mol. The van der Waals surface area contributed by atoms with E-state index in [0.29, 0.717) is 12.6 Å². The molecule has 18 heavy (non-hydrogen) atoms. The number of pyridine rings is 1. The number of morpholine rings is 1. The molecule has 0 aliphatic carbocycles. The molecule has 4 nitrogen and oxygen atoms in total. The largest absolute Gasteiger partial charge is 0.374 e. The molecule has 0 saturated carbocycles. The lowest BCUT2D eigenvalue weighted by Gasteiger charge is -2.43. The maximum atomic E-state index is 5.85. The first-order valence-corrected chi connectivity index (χ1v) is 7.10. The Kier molecular flexibility index (Phi) is 4.72. The summed E-state index contributed by atoms with van der Waals surface area (Å²) >= 11 is 3.47. The number of nitrogens with two attached hydrogens (primary N) is 1. The van der Waals surface area contributed by atoms with Gasteiger partial charge in [-0.1, -0.05) is 0 Å². The summed E-state index contributed by atoms with van der Waals surface area (Å²) in [6, 6.07) is 2.75. The average molecular weight is 314 g/mol. The standard InChI is InChI=1S/C13H20BrN3O/c1-9(2)17-3-4-18-12(6-15)13(17)10-5-11(14)8-16-7-10/h5,7-9,12-13H,3-4,6,15H2,1-2H3. The quantitative estimate of drug-likeness (QED) is 0.926. The molecule has 2 atom stereocenters. The molecule has 1 aromatic rings. The number of ether oxygens (including phenoxy) is 1. The fourth-order valence-electron chi connectivity index (χ4n) is 2.53. The lowest BCUT2D eigenvalue weighted by atomic mass is 9.98. The van der Waals surface area contributed by atoms with E-state index in [1.54, 1.807) is 6.20 Å².